The molecule has 0 bridgehead atoms. The SMILES string of the molecule is CCc1c(C(=O)NCC(c2ccsc2)N(C)C)cnn1-c1ccc(F)cc1. The Labute approximate surface area is 162 Å². The van der Waals surface area contributed by atoms with Crippen LogP contribution in [0.1, 0.15) is 34.6 Å². The van der Waals surface area contributed by atoms with E-state index in [1.807, 2.05) is 26.4 Å². The lowest BCUT2D eigenvalue weighted by Crippen LogP contribution is -2.34. The van der Waals surface area contributed by atoms with Gasteiger partial charge >= 0.3 is 0 Å². The Bertz CT molecular complexity index is 887. The van der Waals surface area contributed by atoms with Crippen LogP contribution in [0.2, 0.25) is 0 Å². The summed E-state index contributed by atoms with van der Waals surface area (Å²) in [5.74, 6) is -0.452. The van der Waals surface area contributed by atoms with E-state index < -0.39 is 0 Å². The maximum Gasteiger partial charge on any atom is 0.254 e. The number of hydrogen-bond acceptors (Lipinski definition) is 4. The molecule has 3 rings (SSSR count). The summed E-state index contributed by atoms with van der Waals surface area (Å²) >= 11 is 1.64. The van der Waals surface area contributed by atoms with Crippen molar-refractivity contribution < 1.29 is 9.18 Å². The lowest BCUT2D eigenvalue weighted by Gasteiger charge is -2.24. The zero-order valence-electron chi connectivity index (χ0n) is 15.6. The summed E-state index contributed by atoms with van der Waals surface area (Å²) in [6.45, 7) is 2.48. The van der Waals surface area contributed by atoms with Crippen LogP contribution in [0.4, 0.5) is 4.39 Å². The Balaban J connectivity index is 1.78. The van der Waals surface area contributed by atoms with Crippen molar-refractivity contribution in [2.45, 2.75) is 19.4 Å². The van der Waals surface area contributed by atoms with E-state index in [0.717, 1.165) is 11.4 Å². The molecular formula is C20H23FN4OS. The van der Waals surface area contributed by atoms with Gasteiger partial charge in [0.15, 0.2) is 0 Å². The second kappa shape index (κ2) is 8.45. The number of carbonyl (C=O) groups excluding carboxylic acids is 1. The molecule has 27 heavy (non-hydrogen) atoms. The summed E-state index contributed by atoms with van der Waals surface area (Å²) in [6, 6.07) is 8.27. The van der Waals surface area contributed by atoms with Crippen molar-refractivity contribution in [1.29, 1.82) is 0 Å². The summed E-state index contributed by atoms with van der Waals surface area (Å²) in [5, 5.41) is 11.5. The Kier molecular flexibility index (Phi) is 6.03. The number of benzene rings is 1. The van der Waals surface area contributed by atoms with Crippen molar-refractivity contribution in [1.82, 2.24) is 20.0 Å². The van der Waals surface area contributed by atoms with Gasteiger partial charge in [0.05, 0.1) is 29.2 Å². The number of hydrogen-bond donors (Lipinski definition) is 1. The highest BCUT2D eigenvalue weighted by atomic mass is 32.1. The smallest absolute Gasteiger partial charge is 0.254 e. The highest BCUT2D eigenvalue weighted by Crippen LogP contribution is 2.21. The van der Waals surface area contributed by atoms with Crippen LogP contribution in [-0.4, -0.2) is 41.2 Å². The molecule has 1 amide bonds. The van der Waals surface area contributed by atoms with E-state index >= 15 is 0 Å². The van der Waals surface area contributed by atoms with Gasteiger partial charge in [-0.15, -0.1) is 0 Å². The molecule has 0 saturated heterocycles. The molecule has 0 aliphatic heterocycles. The first kappa shape index (κ1) is 19.3. The molecule has 0 aliphatic carbocycles. The molecule has 2 heterocycles. The third-order valence-electron chi connectivity index (χ3n) is 4.53. The van der Waals surface area contributed by atoms with E-state index in [1.54, 1.807) is 34.3 Å². The van der Waals surface area contributed by atoms with Crippen LogP contribution >= 0.6 is 11.3 Å². The van der Waals surface area contributed by atoms with Gasteiger partial charge in [-0.1, -0.05) is 6.92 Å². The second-order valence-corrected chi connectivity index (χ2v) is 7.27. The highest BCUT2D eigenvalue weighted by molar-refractivity contribution is 7.07. The zero-order chi connectivity index (χ0) is 19.4. The van der Waals surface area contributed by atoms with Crippen LogP contribution in [0.5, 0.6) is 0 Å². The number of amides is 1. The minimum atomic E-state index is -0.301. The first-order valence-corrected chi connectivity index (χ1v) is 9.75. The van der Waals surface area contributed by atoms with Gasteiger partial charge in [0, 0.05) is 6.54 Å². The summed E-state index contributed by atoms with van der Waals surface area (Å²) in [6.07, 6.45) is 2.22. The van der Waals surface area contributed by atoms with E-state index in [4.69, 9.17) is 0 Å². The molecule has 142 valence electrons. The molecule has 0 aliphatic rings. The molecule has 2 aromatic heterocycles. The molecule has 1 atom stereocenters. The molecule has 3 aromatic rings. The van der Waals surface area contributed by atoms with Crippen LogP contribution in [0.15, 0.2) is 47.3 Å². The fourth-order valence-corrected chi connectivity index (χ4v) is 3.76. The predicted octanol–water partition coefficient (Wildman–Crippen LogP) is 3.67. The molecule has 0 fully saturated rings. The number of likely N-dealkylation sites (N-methyl/N-ethyl adjacent to an activating group) is 1. The van der Waals surface area contributed by atoms with E-state index in [-0.39, 0.29) is 17.8 Å². The Morgan fingerprint density at radius 1 is 1.30 bits per heavy atom. The van der Waals surface area contributed by atoms with Gasteiger partial charge in [-0.25, -0.2) is 9.07 Å². The number of halogens is 1. The van der Waals surface area contributed by atoms with Gasteiger partial charge in [-0.2, -0.15) is 16.4 Å². The molecule has 0 radical (unpaired) electrons. The van der Waals surface area contributed by atoms with Gasteiger partial charge in [0.2, 0.25) is 0 Å². The number of nitrogens with zero attached hydrogens (tertiary/aromatic N) is 3. The average molecular weight is 386 g/mol. The first-order valence-electron chi connectivity index (χ1n) is 8.80. The van der Waals surface area contributed by atoms with Crippen LogP contribution in [0.25, 0.3) is 5.69 Å². The fourth-order valence-electron chi connectivity index (χ4n) is 3.06. The van der Waals surface area contributed by atoms with Gasteiger partial charge < -0.3 is 10.2 Å². The van der Waals surface area contributed by atoms with Crippen LogP contribution in [0.3, 0.4) is 0 Å². The van der Waals surface area contributed by atoms with Crippen molar-refractivity contribution in [3.8, 4) is 5.69 Å². The third kappa shape index (κ3) is 4.26. The van der Waals surface area contributed by atoms with E-state index in [9.17, 15) is 9.18 Å². The second-order valence-electron chi connectivity index (χ2n) is 6.49. The predicted molar refractivity (Wildman–Crippen MR) is 106 cm³/mol. The quantitative estimate of drug-likeness (QED) is 0.674. The maximum absolute atomic E-state index is 13.2. The standard InChI is InChI=1S/C20H23FN4OS/c1-4-18-17(11-23-25(18)16-7-5-15(21)6-8-16)20(26)22-12-19(24(2)3)14-9-10-27-13-14/h5-11,13,19H,4,12H2,1-3H3,(H,22,26). The number of rotatable bonds is 7. The minimum absolute atomic E-state index is 0.109. The molecular weight excluding hydrogens is 363 g/mol. The topological polar surface area (TPSA) is 50.2 Å². The van der Waals surface area contributed by atoms with E-state index in [1.165, 1.54) is 17.7 Å². The number of aromatic nitrogens is 2. The summed E-state index contributed by atoms with van der Waals surface area (Å²) in [7, 11) is 4.00. The first-order chi connectivity index (χ1) is 13.0. The van der Waals surface area contributed by atoms with E-state index in [0.29, 0.717) is 18.5 Å². The van der Waals surface area contributed by atoms with Gasteiger partial charge in [-0.05, 0) is 67.2 Å². The Hall–Kier alpha value is -2.51. The summed E-state index contributed by atoms with van der Waals surface area (Å²) in [4.78, 5) is 14.9. The average Bonchev–Trinajstić information content (AvgIpc) is 3.31. The van der Waals surface area contributed by atoms with Crippen molar-refractivity contribution in [3.05, 3.63) is 69.9 Å². The molecule has 0 saturated carbocycles. The summed E-state index contributed by atoms with van der Waals surface area (Å²) < 4.78 is 14.9. The fraction of sp³-hybridized carbons (Fsp3) is 0.300. The number of nitrogens with one attached hydrogen (secondary N) is 1. The van der Waals surface area contributed by atoms with Crippen molar-refractivity contribution in [2.24, 2.45) is 0 Å². The Morgan fingerprint density at radius 3 is 2.63 bits per heavy atom. The molecule has 1 N–H and O–H groups in total. The Morgan fingerprint density at radius 2 is 2.04 bits per heavy atom. The molecule has 7 heteroatoms. The normalized spacial score (nSPS) is 12.3. The van der Waals surface area contributed by atoms with Crippen LogP contribution < -0.4 is 5.32 Å². The molecule has 1 unspecified atom stereocenters. The van der Waals surface area contributed by atoms with Crippen LogP contribution in [-0.2, 0) is 6.42 Å². The molecule has 0 spiro atoms. The highest BCUT2D eigenvalue weighted by Gasteiger charge is 2.20. The van der Waals surface area contributed by atoms with Crippen molar-refractivity contribution in [3.63, 3.8) is 0 Å². The molecule has 1 aromatic carbocycles. The number of carbonyl (C=O) groups is 1. The molecule has 5 nitrogen and oxygen atoms in total. The monoisotopic (exact) mass is 386 g/mol. The third-order valence-corrected chi connectivity index (χ3v) is 5.23. The largest absolute Gasteiger partial charge is 0.350 e. The van der Waals surface area contributed by atoms with Gasteiger partial charge in [0.25, 0.3) is 5.91 Å². The minimum Gasteiger partial charge on any atom is -0.350 e. The van der Waals surface area contributed by atoms with Crippen molar-refractivity contribution in [2.75, 3.05) is 20.6 Å². The summed E-state index contributed by atoms with van der Waals surface area (Å²) in [5.41, 5.74) is 3.26. The number of thiophene rings is 1. The lowest BCUT2D eigenvalue weighted by molar-refractivity contribution is 0.0941. The zero-order valence-corrected chi connectivity index (χ0v) is 16.5. The van der Waals surface area contributed by atoms with E-state index in [2.05, 4.69) is 26.8 Å². The van der Waals surface area contributed by atoms with Gasteiger partial charge in [0.1, 0.15) is 5.82 Å². The lowest BCUT2D eigenvalue weighted by atomic mass is 10.1. The van der Waals surface area contributed by atoms with Crippen molar-refractivity contribution >= 4 is 17.2 Å². The van der Waals surface area contributed by atoms with Crippen LogP contribution in [0, 0.1) is 5.82 Å². The maximum atomic E-state index is 13.2. The van der Waals surface area contributed by atoms with Gasteiger partial charge in [-0.3, -0.25) is 4.79 Å².